The number of allylic oxidation sites excluding steroid dienone is 26. The van der Waals surface area contributed by atoms with Crippen LogP contribution in [0.4, 0.5) is 0 Å². The molecule has 0 bridgehead atoms. The molecule has 4 N–H and O–H groups in total. The van der Waals surface area contributed by atoms with Gasteiger partial charge in [-0.1, -0.05) is 378 Å². The van der Waals surface area contributed by atoms with Crippen molar-refractivity contribution in [1.29, 1.82) is 0 Å². The van der Waals surface area contributed by atoms with Crippen LogP contribution in [0.5, 0.6) is 0 Å². The summed E-state index contributed by atoms with van der Waals surface area (Å²) in [5, 5.41) is 20.7. The Bertz CT molecular complexity index is 2760. The number of phosphoric acid groups is 2. The van der Waals surface area contributed by atoms with Gasteiger partial charge in [-0.15, -0.1) is 0 Å². The van der Waals surface area contributed by atoms with Gasteiger partial charge in [0.1, 0.15) is 25.4 Å². The van der Waals surface area contributed by atoms with Crippen molar-refractivity contribution < 1.29 is 75.8 Å². The van der Waals surface area contributed by atoms with Crippen LogP contribution in [0.1, 0.15) is 393 Å². The molecule has 5 atom stereocenters. The lowest BCUT2D eigenvalue weighted by Gasteiger charge is -2.21. The van der Waals surface area contributed by atoms with Gasteiger partial charge in [-0.3, -0.25) is 32.5 Å². The van der Waals surface area contributed by atoms with Crippen LogP contribution < -0.4 is 0 Å². The maximum Gasteiger partial charge on any atom is 0.472 e. The molecule has 0 saturated heterocycles. The molecule has 0 heterocycles. The van der Waals surface area contributed by atoms with Gasteiger partial charge in [-0.25, -0.2) is 9.13 Å². The Morgan fingerprint density at radius 3 is 0.718 bits per heavy atom. The number of phosphoric ester groups is 2. The highest BCUT2D eigenvalue weighted by atomic mass is 31.2. The van der Waals surface area contributed by atoms with Gasteiger partial charge in [0.2, 0.25) is 0 Å². The fraction of sp³-hybridized carbons (Fsp3) is 0.707. The van der Waals surface area contributed by atoms with Crippen LogP contribution in [0.25, 0.3) is 0 Å². The first kappa shape index (κ1) is 112. The van der Waals surface area contributed by atoms with Gasteiger partial charge in [0, 0.05) is 19.3 Å². The number of carbonyl (C=O) groups is 3. The first-order chi connectivity index (χ1) is 57.2. The summed E-state index contributed by atoms with van der Waals surface area (Å²) in [6.45, 7) is 2.54. The molecular weight excluding hydrogens is 1510 g/mol. The minimum atomic E-state index is -4.95. The van der Waals surface area contributed by atoms with E-state index in [-0.39, 0.29) is 19.3 Å². The molecule has 0 fully saturated rings. The molecule has 0 aliphatic carbocycles. The predicted octanol–water partition coefficient (Wildman–Crippen LogP) is 28.9. The van der Waals surface area contributed by atoms with Crippen LogP contribution in [0.3, 0.4) is 0 Å². The summed E-state index contributed by atoms with van der Waals surface area (Å²) in [6, 6.07) is 0. The highest BCUT2D eigenvalue weighted by molar-refractivity contribution is 7.47. The second kappa shape index (κ2) is 90.4. The van der Waals surface area contributed by atoms with Crippen molar-refractivity contribution >= 4 is 33.6 Å². The lowest BCUT2D eigenvalue weighted by Crippen LogP contribution is -2.30. The maximum absolute atomic E-state index is 13.1. The Morgan fingerprint density at radius 1 is 0.248 bits per heavy atom. The van der Waals surface area contributed by atoms with Crippen molar-refractivity contribution in [2.45, 2.75) is 411 Å². The number of aliphatic hydroxyl groups is 2. The molecular formula is C99H170O16P2. The smallest absolute Gasteiger partial charge is 0.463 e. The Kier molecular flexibility index (Phi) is 86.7. The molecule has 0 aromatic heterocycles. The Labute approximate surface area is 714 Å². The Balaban J connectivity index is 4.56. The van der Waals surface area contributed by atoms with Crippen molar-refractivity contribution in [2.24, 2.45) is 0 Å². The normalized spacial score (nSPS) is 14.5. The van der Waals surface area contributed by atoms with Crippen LogP contribution in [-0.2, 0) is 55.8 Å². The second-order valence-electron chi connectivity index (χ2n) is 31.1. The molecule has 0 aliphatic heterocycles. The van der Waals surface area contributed by atoms with Gasteiger partial charge < -0.3 is 34.2 Å². The minimum Gasteiger partial charge on any atom is -0.463 e. The molecule has 0 saturated carbocycles. The van der Waals surface area contributed by atoms with E-state index in [1.54, 1.807) is 0 Å². The number of aliphatic hydroxyl groups excluding tert-OH is 2. The summed E-state index contributed by atoms with van der Waals surface area (Å²) < 4.78 is 61.5. The second-order valence-corrected chi connectivity index (χ2v) is 34.0. The van der Waals surface area contributed by atoms with E-state index >= 15 is 0 Å². The molecule has 5 unspecified atom stereocenters. The molecule has 18 heteroatoms. The molecule has 117 heavy (non-hydrogen) atoms. The van der Waals surface area contributed by atoms with E-state index in [4.69, 9.17) is 32.3 Å². The van der Waals surface area contributed by atoms with Crippen LogP contribution in [0.15, 0.2) is 158 Å². The van der Waals surface area contributed by atoms with Crippen molar-refractivity contribution in [3.63, 3.8) is 0 Å². The molecule has 0 radical (unpaired) electrons. The predicted molar refractivity (Wildman–Crippen MR) is 491 cm³/mol. The highest BCUT2D eigenvalue weighted by Crippen LogP contribution is 2.45. The Hall–Kier alpha value is -4.83. The maximum atomic E-state index is 13.1. The summed E-state index contributed by atoms with van der Waals surface area (Å²) in [6.07, 6.45) is 116. The summed E-state index contributed by atoms with van der Waals surface area (Å²) in [4.78, 5) is 59.0. The van der Waals surface area contributed by atoms with Crippen LogP contribution in [0, 0.1) is 0 Å². The number of rotatable bonds is 88. The summed E-state index contributed by atoms with van der Waals surface area (Å²) in [5.41, 5.74) is 0. The molecule has 0 aromatic rings. The van der Waals surface area contributed by atoms with Gasteiger partial charge in [0.25, 0.3) is 0 Å². The third kappa shape index (κ3) is 91.7. The SMILES string of the molecule is CC/C=C\C/C=C\C/C=C\C/C=C\C/C=C\C/C=C\CCCCCCCCCCCCCCC(=O)OCC(O)COP(=O)(O)OCC(O)COP(=O)(O)OCC(COC(=O)CCCCCCCCCCCCCCCCC/C=C\C/C=C\C/C=C\C/C=C\CCCCC)OC(=O)CCCCCCCC/C=C\C/C=C\C/C=C\CCCCC. The zero-order valence-electron chi connectivity index (χ0n) is 74.1. The molecule has 0 rings (SSSR count). The molecule has 0 amide bonds. The van der Waals surface area contributed by atoms with Gasteiger partial charge in [-0.05, 0) is 154 Å². The zero-order chi connectivity index (χ0) is 85.1. The third-order valence-electron chi connectivity index (χ3n) is 19.7. The number of hydrogen-bond acceptors (Lipinski definition) is 14. The van der Waals surface area contributed by atoms with E-state index in [0.717, 1.165) is 161 Å². The topological polar surface area (TPSA) is 231 Å². The monoisotopic (exact) mass is 1680 g/mol. The van der Waals surface area contributed by atoms with E-state index in [9.17, 15) is 43.5 Å². The fourth-order valence-corrected chi connectivity index (χ4v) is 14.2. The zero-order valence-corrected chi connectivity index (χ0v) is 75.9. The van der Waals surface area contributed by atoms with Crippen molar-refractivity contribution in [2.75, 3.05) is 39.6 Å². The first-order valence-electron chi connectivity index (χ1n) is 46.8. The van der Waals surface area contributed by atoms with Crippen LogP contribution in [-0.4, -0.2) is 95.9 Å². The van der Waals surface area contributed by atoms with Crippen molar-refractivity contribution in [3.8, 4) is 0 Å². The Morgan fingerprint density at radius 2 is 0.453 bits per heavy atom. The van der Waals surface area contributed by atoms with Gasteiger partial charge >= 0.3 is 33.6 Å². The summed E-state index contributed by atoms with van der Waals surface area (Å²) >= 11 is 0. The quantitative estimate of drug-likeness (QED) is 0.0146. The molecule has 0 aliphatic rings. The van der Waals surface area contributed by atoms with E-state index in [1.165, 1.54) is 173 Å². The number of unbranched alkanes of at least 4 members (excludes halogenated alkanes) is 39. The fourth-order valence-electron chi connectivity index (χ4n) is 12.6. The number of carbonyl (C=O) groups excluding carboxylic acids is 3. The van der Waals surface area contributed by atoms with E-state index in [2.05, 4.69) is 179 Å². The average Bonchev–Trinajstić information content (AvgIpc) is 0.891. The molecule has 0 spiro atoms. The van der Waals surface area contributed by atoms with Crippen molar-refractivity contribution in [3.05, 3.63) is 158 Å². The van der Waals surface area contributed by atoms with Gasteiger partial charge in [0.15, 0.2) is 6.10 Å². The van der Waals surface area contributed by atoms with E-state index in [1.807, 2.05) is 0 Å². The third-order valence-corrected chi connectivity index (χ3v) is 21.6. The largest absolute Gasteiger partial charge is 0.472 e. The lowest BCUT2D eigenvalue weighted by molar-refractivity contribution is -0.161. The van der Waals surface area contributed by atoms with Gasteiger partial charge in [0.05, 0.1) is 26.4 Å². The molecule has 672 valence electrons. The highest BCUT2D eigenvalue weighted by Gasteiger charge is 2.29. The van der Waals surface area contributed by atoms with E-state index in [0.29, 0.717) is 19.3 Å². The average molecular weight is 1680 g/mol. The summed E-state index contributed by atoms with van der Waals surface area (Å²) in [7, 11) is -9.81. The van der Waals surface area contributed by atoms with Crippen LogP contribution >= 0.6 is 15.6 Å². The standard InChI is InChI=1S/C99H170O16P2/c1-4-7-10-13-16-19-22-25-28-31-34-36-38-40-42-44-46-48-50-52-54-56-59-61-64-67-70-73-76-79-82-85-97(102)109-88-94(100)89-111-116(105,106)112-90-95(101)91-113-117(107,108)114-93-96(115-99(104)87-84-81-78-75-72-69-66-63-58-33-30-27-24-21-18-15-12-9-6-3)92-110-98(103)86-83-80-77-74-71-68-65-62-60-57-55-53-51-49-47-45-43-41-39-37-35-32-29-26-23-20-17-14-11-8-5-2/h7,10,16-21,25-30,34-37,40-43,46,48,58,63,94-96,100-101H,4-6,8-9,11-15,22-24,31-33,38-39,44-45,47,49-57,59-62,64-93H2,1-3H3,(H,105,106)(H,107,108)/b10-7-,19-16-,20-17-,21-18-,28-25-,29-26-,30-27-,36-34-,37-35-,42-40-,43-41-,48-46-,63-58-. The summed E-state index contributed by atoms with van der Waals surface area (Å²) in [5.74, 6) is -1.58. The lowest BCUT2D eigenvalue weighted by atomic mass is 10.0. The molecule has 16 nitrogen and oxygen atoms in total. The molecule has 0 aromatic carbocycles. The van der Waals surface area contributed by atoms with E-state index < -0.39 is 91.5 Å². The van der Waals surface area contributed by atoms with Crippen LogP contribution in [0.2, 0.25) is 0 Å². The van der Waals surface area contributed by atoms with Gasteiger partial charge in [-0.2, -0.15) is 0 Å². The minimum absolute atomic E-state index is 0.0882. The first-order valence-corrected chi connectivity index (χ1v) is 49.8. The number of ether oxygens (including phenoxy) is 3. The van der Waals surface area contributed by atoms with Crippen molar-refractivity contribution in [1.82, 2.24) is 0 Å². The number of esters is 3. The number of hydrogen-bond donors (Lipinski definition) is 4.